The molecular weight excluding hydrogens is 212 g/mol. The smallest absolute Gasteiger partial charge is 0.156 e. The van der Waals surface area contributed by atoms with Crippen molar-refractivity contribution in [1.82, 2.24) is 0 Å². The largest absolute Gasteiger partial charge is 0.489 e. The van der Waals surface area contributed by atoms with Crippen LogP contribution in [0.2, 0.25) is 0 Å². The Morgan fingerprint density at radius 1 is 0.882 bits per heavy atom. The molecule has 2 heterocycles. The molecule has 0 radical (unpaired) electrons. The number of hydrogen-bond donors (Lipinski definition) is 0. The van der Waals surface area contributed by atoms with E-state index < -0.39 is 0 Å². The third kappa shape index (κ3) is 1.08. The maximum absolute atomic E-state index is 6.07. The lowest BCUT2D eigenvalue weighted by Crippen LogP contribution is -2.28. The van der Waals surface area contributed by atoms with Gasteiger partial charge in [-0.1, -0.05) is 42.5 Å². The second kappa shape index (κ2) is 3.11. The highest BCUT2D eigenvalue weighted by Crippen LogP contribution is 2.49. The normalized spacial score (nSPS) is 24.5. The zero-order valence-corrected chi connectivity index (χ0v) is 9.35. The molecule has 0 amide bonds. The van der Waals surface area contributed by atoms with Gasteiger partial charge in [0, 0.05) is 5.56 Å². The average molecular weight is 224 g/mol. The lowest BCUT2D eigenvalue weighted by atomic mass is 9.87. The molecule has 0 saturated heterocycles. The molecule has 2 aliphatic rings. The summed E-state index contributed by atoms with van der Waals surface area (Å²) in [6.07, 6.45) is 0. The van der Waals surface area contributed by atoms with Crippen LogP contribution in [0, 0.1) is 0 Å². The van der Waals surface area contributed by atoms with E-state index in [0.29, 0.717) is 13.2 Å². The van der Waals surface area contributed by atoms with Gasteiger partial charge >= 0.3 is 0 Å². The SMILES string of the molecule is c1ccc2c(c1)CO[C@]21COc2ccccc21. The van der Waals surface area contributed by atoms with E-state index in [4.69, 9.17) is 9.47 Å². The molecule has 0 aliphatic carbocycles. The average Bonchev–Trinajstić information content (AvgIpc) is 2.95. The van der Waals surface area contributed by atoms with Crippen molar-refractivity contribution in [3.63, 3.8) is 0 Å². The molecule has 2 aromatic rings. The van der Waals surface area contributed by atoms with Gasteiger partial charge < -0.3 is 9.47 Å². The minimum absolute atomic E-state index is 0.368. The maximum atomic E-state index is 6.07. The van der Waals surface area contributed by atoms with E-state index in [0.717, 1.165) is 11.3 Å². The van der Waals surface area contributed by atoms with Gasteiger partial charge in [0.15, 0.2) is 5.60 Å². The summed E-state index contributed by atoms with van der Waals surface area (Å²) < 4.78 is 11.8. The molecule has 2 nitrogen and oxygen atoms in total. The minimum atomic E-state index is -0.368. The molecule has 4 rings (SSSR count). The third-order valence-electron chi connectivity index (χ3n) is 3.68. The van der Waals surface area contributed by atoms with E-state index in [1.54, 1.807) is 0 Å². The Balaban J connectivity index is 1.97. The molecule has 2 aromatic carbocycles. The summed E-state index contributed by atoms with van der Waals surface area (Å²) in [4.78, 5) is 0. The fraction of sp³-hybridized carbons (Fsp3) is 0.200. The minimum Gasteiger partial charge on any atom is -0.489 e. The first-order chi connectivity index (χ1) is 8.40. The molecule has 0 unspecified atom stereocenters. The fourth-order valence-corrected chi connectivity index (χ4v) is 2.84. The van der Waals surface area contributed by atoms with Gasteiger partial charge in [-0.2, -0.15) is 0 Å². The molecular formula is C15H12O2. The van der Waals surface area contributed by atoms with Crippen LogP contribution in [0.1, 0.15) is 16.7 Å². The van der Waals surface area contributed by atoms with Crippen LogP contribution >= 0.6 is 0 Å². The van der Waals surface area contributed by atoms with Gasteiger partial charge in [-0.3, -0.25) is 0 Å². The molecule has 0 N–H and O–H groups in total. The molecule has 0 fully saturated rings. The van der Waals surface area contributed by atoms with Crippen LogP contribution in [-0.2, 0) is 16.9 Å². The van der Waals surface area contributed by atoms with E-state index in [-0.39, 0.29) is 5.60 Å². The molecule has 0 bridgehead atoms. The second-order valence-electron chi connectivity index (χ2n) is 4.56. The van der Waals surface area contributed by atoms with Gasteiger partial charge in [-0.25, -0.2) is 0 Å². The van der Waals surface area contributed by atoms with Crippen LogP contribution < -0.4 is 4.74 Å². The van der Waals surface area contributed by atoms with Gasteiger partial charge in [0.25, 0.3) is 0 Å². The van der Waals surface area contributed by atoms with Crippen LogP contribution in [0.5, 0.6) is 5.75 Å². The summed E-state index contributed by atoms with van der Waals surface area (Å²) in [6, 6.07) is 16.6. The highest BCUT2D eigenvalue weighted by Gasteiger charge is 2.47. The molecule has 1 atom stereocenters. The summed E-state index contributed by atoms with van der Waals surface area (Å²) >= 11 is 0. The lowest BCUT2D eigenvalue weighted by Gasteiger charge is -2.22. The molecule has 2 heteroatoms. The third-order valence-corrected chi connectivity index (χ3v) is 3.68. The number of benzene rings is 2. The summed E-state index contributed by atoms with van der Waals surface area (Å²) in [6.45, 7) is 1.26. The van der Waals surface area contributed by atoms with E-state index in [1.807, 2.05) is 18.2 Å². The van der Waals surface area contributed by atoms with Gasteiger partial charge in [-0.05, 0) is 17.2 Å². The lowest BCUT2D eigenvalue weighted by molar-refractivity contribution is -0.0175. The summed E-state index contributed by atoms with van der Waals surface area (Å²) in [5, 5.41) is 0. The van der Waals surface area contributed by atoms with Crippen LogP contribution in [0.4, 0.5) is 0 Å². The predicted octanol–water partition coefficient (Wildman–Crippen LogP) is 2.85. The number of fused-ring (bicyclic) bond motifs is 4. The van der Waals surface area contributed by atoms with Crippen molar-refractivity contribution in [3.8, 4) is 5.75 Å². The Morgan fingerprint density at radius 3 is 2.59 bits per heavy atom. The summed E-state index contributed by atoms with van der Waals surface area (Å²) in [5.41, 5.74) is 3.32. The van der Waals surface area contributed by atoms with Crippen molar-refractivity contribution in [3.05, 3.63) is 65.2 Å². The molecule has 84 valence electrons. The zero-order valence-electron chi connectivity index (χ0n) is 9.35. The molecule has 0 aromatic heterocycles. The van der Waals surface area contributed by atoms with E-state index in [1.165, 1.54) is 11.1 Å². The van der Waals surface area contributed by atoms with E-state index in [9.17, 15) is 0 Å². The molecule has 1 spiro atoms. The van der Waals surface area contributed by atoms with Crippen molar-refractivity contribution in [2.45, 2.75) is 12.2 Å². The zero-order chi connectivity index (χ0) is 11.3. The van der Waals surface area contributed by atoms with Crippen molar-refractivity contribution >= 4 is 0 Å². The number of hydrogen-bond acceptors (Lipinski definition) is 2. The quantitative estimate of drug-likeness (QED) is 0.685. The first-order valence-electron chi connectivity index (χ1n) is 5.85. The Hall–Kier alpha value is -1.80. The van der Waals surface area contributed by atoms with Crippen molar-refractivity contribution in [2.24, 2.45) is 0 Å². The number of para-hydroxylation sites is 1. The highest BCUT2D eigenvalue weighted by atomic mass is 16.6. The number of rotatable bonds is 0. The van der Waals surface area contributed by atoms with Gasteiger partial charge in [0.1, 0.15) is 12.4 Å². The molecule has 0 saturated carbocycles. The van der Waals surface area contributed by atoms with Crippen molar-refractivity contribution < 1.29 is 9.47 Å². The van der Waals surface area contributed by atoms with Crippen LogP contribution in [0.15, 0.2) is 48.5 Å². The first-order valence-corrected chi connectivity index (χ1v) is 5.85. The highest BCUT2D eigenvalue weighted by molar-refractivity contribution is 5.52. The molecule has 17 heavy (non-hydrogen) atoms. The van der Waals surface area contributed by atoms with Gasteiger partial charge in [-0.15, -0.1) is 0 Å². The topological polar surface area (TPSA) is 18.5 Å². The van der Waals surface area contributed by atoms with Gasteiger partial charge in [0.05, 0.1) is 6.61 Å². The Labute approximate surface area is 99.8 Å². The Bertz CT molecular complexity index is 535. The Morgan fingerprint density at radius 2 is 1.65 bits per heavy atom. The van der Waals surface area contributed by atoms with E-state index in [2.05, 4.69) is 30.3 Å². The van der Waals surface area contributed by atoms with Crippen molar-refractivity contribution in [1.29, 1.82) is 0 Å². The monoisotopic (exact) mass is 224 g/mol. The predicted molar refractivity (Wildman–Crippen MR) is 63.9 cm³/mol. The first kappa shape index (κ1) is 9.25. The summed E-state index contributed by atoms with van der Waals surface area (Å²) in [5.74, 6) is 0.948. The van der Waals surface area contributed by atoms with Gasteiger partial charge in [0.2, 0.25) is 0 Å². The van der Waals surface area contributed by atoms with Crippen molar-refractivity contribution in [2.75, 3.05) is 6.61 Å². The standard InChI is InChI=1S/C15H12O2/c1-2-6-12-11(5-1)9-17-15(12)10-16-14-8-4-3-7-13(14)15/h1-8H,9-10H2/t15-/m1/s1. The second-order valence-corrected chi connectivity index (χ2v) is 4.56. The van der Waals surface area contributed by atoms with Crippen LogP contribution in [0.3, 0.4) is 0 Å². The summed E-state index contributed by atoms with van der Waals surface area (Å²) in [7, 11) is 0. The van der Waals surface area contributed by atoms with E-state index >= 15 is 0 Å². The fourth-order valence-electron chi connectivity index (χ4n) is 2.84. The number of ether oxygens (including phenoxy) is 2. The molecule has 2 aliphatic heterocycles. The Kier molecular flexibility index (Phi) is 1.69. The van der Waals surface area contributed by atoms with Crippen LogP contribution in [0.25, 0.3) is 0 Å². The van der Waals surface area contributed by atoms with Crippen LogP contribution in [-0.4, -0.2) is 6.61 Å². The maximum Gasteiger partial charge on any atom is 0.156 e.